The van der Waals surface area contributed by atoms with E-state index in [0.29, 0.717) is 5.56 Å². The number of rotatable bonds is 7. The highest BCUT2D eigenvalue weighted by atomic mass is 35.5. The molecule has 0 bridgehead atoms. The SMILES string of the molecule is CC(C)(C)OC(=O)C(N[C@@H](Cc1ccc(O)cc1)C(=O)O)c1c(Cl)cccc1Cl. The van der Waals surface area contributed by atoms with Gasteiger partial charge in [-0.05, 0) is 57.0 Å². The first-order valence-electron chi connectivity index (χ1n) is 8.91. The van der Waals surface area contributed by atoms with Crippen LogP contribution in [0.15, 0.2) is 42.5 Å². The number of aromatic hydroxyl groups is 1. The Balaban J connectivity index is 2.39. The minimum absolute atomic E-state index is 0.0665. The number of esters is 1. The van der Waals surface area contributed by atoms with E-state index in [1.807, 2.05) is 0 Å². The number of carbonyl (C=O) groups is 2. The molecule has 2 aromatic carbocycles. The van der Waals surface area contributed by atoms with Gasteiger partial charge in [-0.25, -0.2) is 4.79 Å². The fourth-order valence-corrected chi connectivity index (χ4v) is 3.32. The predicted molar refractivity (Wildman–Crippen MR) is 111 cm³/mol. The molecule has 156 valence electrons. The van der Waals surface area contributed by atoms with Gasteiger partial charge in [-0.1, -0.05) is 41.4 Å². The van der Waals surface area contributed by atoms with Gasteiger partial charge in [0, 0.05) is 15.6 Å². The molecule has 0 aliphatic heterocycles. The van der Waals surface area contributed by atoms with Crippen molar-refractivity contribution in [3.63, 3.8) is 0 Å². The maximum absolute atomic E-state index is 12.9. The summed E-state index contributed by atoms with van der Waals surface area (Å²) in [5.41, 5.74) is 0.124. The maximum Gasteiger partial charge on any atom is 0.328 e. The highest BCUT2D eigenvalue weighted by molar-refractivity contribution is 6.36. The molecule has 2 aromatic rings. The summed E-state index contributed by atoms with van der Waals surface area (Å²) in [6, 6.07) is 8.59. The van der Waals surface area contributed by atoms with Crippen LogP contribution in [-0.4, -0.2) is 33.8 Å². The van der Waals surface area contributed by atoms with Crippen LogP contribution in [0.2, 0.25) is 10.0 Å². The molecule has 0 fully saturated rings. The molecule has 8 heteroatoms. The zero-order chi connectivity index (χ0) is 21.8. The number of hydrogen-bond donors (Lipinski definition) is 3. The number of hydrogen-bond acceptors (Lipinski definition) is 5. The lowest BCUT2D eigenvalue weighted by Crippen LogP contribution is -2.45. The monoisotopic (exact) mass is 439 g/mol. The summed E-state index contributed by atoms with van der Waals surface area (Å²) >= 11 is 12.5. The lowest BCUT2D eigenvalue weighted by Gasteiger charge is -2.28. The molecule has 0 aliphatic carbocycles. The number of halogens is 2. The second-order valence-corrected chi connectivity index (χ2v) is 8.34. The van der Waals surface area contributed by atoms with Crippen LogP contribution in [0, 0.1) is 0 Å². The zero-order valence-corrected chi connectivity index (χ0v) is 17.8. The Hall–Kier alpha value is -2.28. The van der Waals surface area contributed by atoms with E-state index < -0.39 is 29.6 Å². The summed E-state index contributed by atoms with van der Waals surface area (Å²) < 4.78 is 5.47. The van der Waals surface area contributed by atoms with E-state index in [1.54, 1.807) is 51.1 Å². The fraction of sp³-hybridized carbons (Fsp3) is 0.333. The van der Waals surface area contributed by atoms with Gasteiger partial charge < -0.3 is 14.9 Å². The largest absolute Gasteiger partial charge is 0.508 e. The Morgan fingerprint density at radius 1 is 1.07 bits per heavy atom. The van der Waals surface area contributed by atoms with Gasteiger partial charge in [0.05, 0.1) is 0 Å². The van der Waals surface area contributed by atoms with Gasteiger partial charge in [0.15, 0.2) is 0 Å². The molecule has 0 amide bonds. The first-order valence-corrected chi connectivity index (χ1v) is 9.67. The molecule has 0 aromatic heterocycles. The van der Waals surface area contributed by atoms with Crippen molar-refractivity contribution in [1.82, 2.24) is 5.32 Å². The van der Waals surface area contributed by atoms with Gasteiger partial charge in [-0.2, -0.15) is 0 Å². The van der Waals surface area contributed by atoms with Crippen molar-refractivity contribution in [3.05, 3.63) is 63.6 Å². The third-order valence-corrected chi connectivity index (χ3v) is 4.63. The van der Waals surface area contributed by atoms with Gasteiger partial charge in [-0.3, -0.25) is 10.1 Å². The summed E-state index contributed by atoms with van der Waals surface area (Å²) in [7, 11) is 0. The van der Waals surface area contributed by atoms with Gasteiger partial charge in [0.2, 0.25) is 0 Å². The van der Waals surface area contributed by atoms with E-state index >= 15 is 0 Å². The van der Waals surface area contributed by atoms with Crippen LogP contribution in [0.3, 0.4) is 0 Å². The van der Waals surface area contributed by atoms with E-state index in [4.69, 9.17) is 27.9 Å². The van der Waals surface area contributed by atoms with Crippen LogP contribution in [0.4, 0.5) is 0 Å². The van der Waals surface area contributed by atoms with Crippen molar-refractivity contribution in [1.29, 1.82) is 0 Å². The molecular weight excluding hydrogens is 417 g/mol. The molecule has 3 N–H and O–H groups in total. The van der Waals surface area contributed by atoms with Gasteiger partial charge in [0.25, 0.3) is 0 Å². The van der Waals surface area contributed by atoms with Crippen LogP contribution < -0.4 is 5.32 Å². The number of ether oxygens (including phenoxy) is 1. The topological polar surface area (TPSA) is 95.9 Å². The van der Waals surface area contributed by atoms with E-state index in [9.17, 15) is 19.8 Å². The Kier molecular flexibility index (Phi) is 7.52. The molecule has 2 atom stereocenters. The van der Waals surface area contributed by atoms with Gasteiger partial charge >= 0.3 is 11.9 Å². The fourth-order valence-electron chi connectivity index (χ4n) is 2.70. The molecular formula is C21H23Cl2NO5. The average Bonchev–Trinajstić information content (AvgIpc) is 2.59. The number of carbonyl (C=O) groups excluding carboxylic acids is 1. The highest BCUT2D eigenvalue weighted by Gasteiger charge is 2.33. The van der Waals surface area contributed by atoms with E-state index in [-0.39, 0.29) is 27.8 Å². The summed E-state index contributed by atoms with van der Waals surface area (Å²) in [6.45, 7) is 5.13. The molecule has 0 saturated carbocycles. The molecule has 1 unspecified atom stereocenters. The van der Waals surface area contributed by atoms with E-state index in [2.05, 4.69) is 5.32 Å². The molecule has 0 saturated heterocycles. The number of carboxylic acids is 1. The smallest absolute Gasteiger partial charge is 0.328 e. The van der Waals surface area contributed by atoms with Crippen LogP contribution in [-0.2, 0) is 20.7 Å². The Morgan fingerprint density at radius 2 is 1.62 bits per heavy atom. The van der Waals surface area contributed by atoms with Gasteiger partial charge in [0.1, 0.15) is 23.4 Å². The average molecular weight is 440 g/mol. The first-order chi connectivity index (χ1) is 13.5. The molecule has 0 radical (unpaired) electrons. The number of aliphatic carboxylic acids is 1. The van der Waals surface area contributed by atoms with Crippen molar-refractivity contribution in [2.24, 2.45) is 0 Å². The minimum Gasteiger partial charge on any atom is -0.508 e. The minimum atomic E-state index is -1.19. The van der Waals surface area contributed by atoms with Crippen LogP contribution in [0.1, 0.15) is 37.9 Å². The maximum atomic E-state index is 12.9. The second-order valence-electron chi connectivity index (χ2n) is 7.53. The molecule has 29 heavy (non-hydrogen) atoms. The second kappa shape index (κ2) is 9.48. The predicted octanol–water partition coefficient (Wildman–Crippen LogP) is 4.37. The quantitative estimate of drug-likeness (QED) is 0.554. The van der Waals surface area contributed by atoms with E-state index in [1.165, 1.54) is 12.1 Å². The summed E-state index contributed by atoms with van der Waals surface area (Å²) in [5.74, 6) is -1.78. The number of nitrogens with one attached hydrogen (secondary N) is 1. The number of carboxylic acid groups (broad SMARTS) is 1. The van der Waals surface area contributed by atoms with Crippen molar-refractivity contribution in [2.45, 2.75) is 44.9 Å². The summed E-state index contributed by atoms with van der Waals surface area (Å²) in [4.78, 5) is 24.8. The summed E-state index contributed by atoms with van der Waals surface area (Å²) in [6.07, 6.45) is 0.0665. The van der Waals surface area contributed by atoms with Gasteiger partial charge in [-0.15, -0.1) is 0 Å². The highest BCUT2D eigenvalue weighted by Crippen LogP contribution is 2.32. The number of phenols is 1. The first kappa shape index (κ1) is 23.0. The van der Waals surface area contributed by atoms with E-state index in [0.717, 1.165) is 0 Å². The molecule has 0 aliphatic rings. The van der Waals surface area contributed by atoms with Crippen molar-refractivity contribution < 1.29 is 24.5 Å². The third kappa shape index (κ3) is 6.63. The Morgan fingerprint density at radius 3 is 2.10 bits per heavy atom. The van der Waals surface area contributed by atoms with Crippen molar-refractivity contribution in [3.8, 4) is 5.75 Å². The Labute approximate surface area is 179 Å². The third-order valence-electron chi connectivity index (χ3n) is 3.97. The zero-order valence-electron chi connectivity index (χ0n) is 16.3. The number of phenolic OH excluding ortho intramolecular Hbond substituents is 1. The Bertz CT molecular complexity index is 857. The van der Waals surface area contributed by atoms with Crippen molar-refractivity contribution >= 4 is 35.1 Å². The van der Waals surface area contributed by atoms with Crippen LogP contribution in [0.5, 0.6) is 5.75 Å². The molecule has 0 spiro atoms. The van der Waals surface area contributed by atoms with Crippen molar-refractivity contribution in [2.75, 3.05) is 0 Å². The standard InChI is InChI=1S/C21H23Cl2NO5/c1-21(2,3)29-20(28)18(17-14(22)5-4-6-15(17)23)24-16(19(26)27)11-12-7-9-13(25)10-8-12/h4-10,16,18,24-25H,11H2,1-3H3,(H,26,27)/t16-,18?/m0/s1. The normalized spacial score (nSPS) is 13.6. The lowest BCUT2D eigenvalue weighted by molar-refractivity contribution is -0.158. The number of benzene rings is 2. The molecule has 6 nitrogen and oxygen atoms in total. The molecule has 2 rings (SSSR count). The molecule has 0 heterocycles. The van der Waals surface area contributed by atoms with Crippen LogP contribution in [0.25, 0.3) is 0 Å². The summed E-state index contributed by atoms with van der Waals surface area (Å²) in [5, 5.41) is 22.4. The van der Waals surface area contributed by atoms with Crippen LogP contribution >= 0.6 is 23.2 Å². The lowest BCUT2D eigenvalue weighted by atomic mass is 10.0.